The van der Waals surface area contributed by atoms with Crippen molar-refractivity contribution in [3.63, 3.8) is 0 Å². The molecular formula is C22H19N3O2S2. The lowest BCUT2D eigenvalue weighted by Crippen LogP contribution is -2.15. The number of benzene rings is 2. The van der Waals surface area contributed by atoms with E-state index in [1.165, 1.54) is 28.6 Å². The fourth-order valence-electron chi connectivity index (χ4n) is 3.81. The molecule has 5 rings (SSSR count). The molecule has 1 aliphatic rings. The fourth-order valence-corrected chi connectivity index (χ4v) is 5.79. The number of aromatic nitrogens is 2. The number of carbonyl (C=O) groups excluding carboxylic acids is 1. The Balaban J connectivity index is 1.30. The number of rotatable bonds is 4. The van der Waals surface area contributed by atoms with Gasteiger partial charge in [-0.1, -0.05) is 42.1 Å². The quantitative estimate of drug-likeness (QED) is 0.368. The summed E-state index contributed by atoms with van der Waals surface area (Å²) in [5.74, 6) is 0.0605. The van der Waals surface area contributed by atoms with Crippen molar-refractivity contribution in [1.29, 1.82) is 0 Å². The van der Waals surface area contributed by atoms with Gasteiger partial charge in [0.1, 0.15) is 4.83 Å². The zero-order valence-electron chi connectivity index (χ0n) is 15.7. The Morgan fingerprint density at radius 3 is 2.86 bits per heavy atom. The van der Waals surface area contributed by atoms with Gasteiger partial charge in [-0.05, 0) is 54.2 Å². The van der Waals surface area contributed by atoms with Gasteiger partial charge in [-0.15, -0.1) is 11.3 Å². The van der Waals surface area contributed by atoms with E-state index >= 15 is 0 Å². The van der Waals surface area contributed by atoms with Crippen LogP contribution in [0.2, 0.25) is 0 Å². The minimum Gasteiger partial charge on any atom is -0.325 e. The van der Waals surface area contributed by atoms with Crippen LogP contribution in [0.15, 0.2) is 52.4 Å². The van der Waals surface area contributed by atoms with E-state index in [1.54, 1.807) is 11.3 Å². The summed E-state index contributed by atoms with van der Waals surface area (Å²) in [5, 5.41) is 6.37. The molecule has 2 heterocycles. The number of amides is 1. The molecule has 146 valence electrons. The van der Waals surface area contributed by atoms with Crippen LogP contribution in [0.5, 0.6) is 0 Å². The molecule has 2 aromatic carbocycles. The van der Waals surface area contributed by atoms with Crippen LogP contribution in [0.4, 0.5) is 5.69 Å². The van der Waals surface area contributed by atoms with Gasteiger partial charge in [0.25, 0.3) is 5.56 Å². The van der Waals surface area contributed by atoms with Crippen LogP contribution in [0.3, 0.4) is 0 Å². The fraction of sp³-hybridized carbons (Fsp3) is 0.227. The number of fused-ring (bicyclic) bond motifs is 4. The molecule has 4 aromatic rings. The second-order valence-electron chi connectivity index (χ2n) is 7.16. The van der Waals surface area contributed by atoms with Crippen molar-refractivity contribution in [2.75, 3.05) is 11.1 Å². The van der Waals surface area contributed by atoms with E-state index in [2.05, 4.69) is 15.3 Å². The van der Waals surface area contributed by atoms with Crippen LogP contribution in [-0.4, -0.2) is 21.6 Å². The summed E-state index contributed by atoms with van der Waals surface area (Å²) >= 11 is 2.88. The second-order valence-corrected chi connectivity index (χ2v) is 9.21. The topological polar surface area (TPSA) is 74.8 Å². The number of anilines is 1. The first kappa shape index (κ1) is 18.4. The first-order valence-corrected chi connectivity index (χ1v) is 11.4. The number of hydrogen-bond acceptors (Lipinski definition) is 5. The summed E-state index contributed by atoms with van der Waals surface area (Å²) in [4.78, 5) is 34.5. The van der Waals surface area contributed by atoms with Crippen LogP contribution in [0, 0.1) is 0 Å². The Kier molecular flexibility index (Phi) is 4.85. The highest BCUT2D eigenvalue weighted by Crippen LogP contribution is 2.34. The summed E-state index contributed by atoms with van der Waals surface area (Å²) in [7, 11) is 0. The van der Waals surface area contributed by atoms with E-state index in [-0.39, 0.29) is 17.2 Å². The zero-order chi connectivity index (χ0) is 19.8. The zero-order valence-corrected chi connectivity index (χ0v) is 17.3. The van der Waals surface area contributed by atoms with Crippen molar-refractivity contribution < 1.29 is 4.79 Å². The molecule has 0 radical (unpaired) electrons. The molecule has 29 heavy (non-hydrogen) atoms. The predicted octanol–water partition coefficient (Wildman–Crippen LogP) is 4.75. The van der Waals surface area contributed by atoms with Crippen molar-refractivity contribution in [2.24, 2.45) is 0 Å². The maximum Gasteiger partial charge on any atom is 0.260 e. The number of nitrogens with one attached hydrogen (secondary N) is 2. The average Bonchev–Trinajstić information content (AvgIpc) is 3.11. The summed E-state index contributed by atoms with van der Waals surface area (Å²) < 4.78 is 0. The van der Waals surface area contributed by atoms with Crippen molar-refractivity contribution >= 4 is 55.7 Å². The van der Waals surface area contributed by atoms with Gasteiger partial charge in [0, 0.05) is 10.6 Å². The van der Waals surface area contributed by atoms with E-state index in [0.29, 0.717) is 5.16 Å². The van der Waals surface area contributed by atoms with Crippen LogP contribution in [-0.2, 0) is 17.6 Å². The lowest BCUT2D eigenvalue weighted by molar-refractivity contribution is -0.113. The van der Waals surface area contributed by atoms with E-state index in [4.69, 9.17) is 0 Å². The number of thiophene rings is 1. The van der Waals surface area contributed by atoms with Crippen LogP contribution < -0.4 is 10.9 Å². The van der Waals surface area contributed by atoms with E-state index in [9.17, 15) is 9.59 Å². The first-order chi connectivity index (χ1) is 14.2. The SMILES string of the molecule is O=C(CSc1nc2sc3c(c2c(=O)[nH]1)CCCC3)Nc1ccc2ccccc2c1. The first-order valence-electron chi connectivity index (χ1n) is 9.63. The van der Waals surface area contributed by atoms with Gasteiger partial charge in [0.15, 0.2) is 5.16 Å². The standard InChI is InChI=1S/C22H19N3O2S2/c26-18(23-15-10-9-13-5-1-2-6-14(13)11-15)12-28-22-24-20(27)19-16-7-3-4-8-17(16)29-21(19)25-22/h1-2,5-6,9-11H,3-4,7-8,12H2,(H,23,26)(H,24,25,27). The Bertz CT molecular complexity index is 1290. The van der Waals surface area contributed by atoms with Crippen molar-refractivity contribution in [3.8, 4) is 0 Å². The van der Waals surface area contributed by atoms with E-state index < -0.39 is 0 Å². The van der Waals surface area contributed by atoms with Crippen LogP contribution in [0.1, 0.15) is 23.3 Å². The Morgan fingerprint density at radius 1 is 1.14 bits per heavy atom. The van der Waals surface area contributed by atoms with Crippen LogP contribution in [0.25, 0.3) is 21.0 Å². The number of thioether (sulfide) groups is 1. The third-order valence-corrected chi connectivity index (χ3v) is 7.24. The third-order valence-electron chi connectivity index (χ3n) is 5.18. The van der Waals surface area contributed by atoms with Gasteiger partial charge in [-0.2, -0.15) is 0 Å². The molecule has 0 bridgehead atoms. The molecular weight excluding hydrogens is 402 g/mol. The average molecular weight is 422 g/mol. The monoisotopic (exact) mass is 421 g/mol. The minimum atomic E-state index is -0.126. The lowest BCUT2D eigenvalue weighted by atomic mass is 9.97. The highest BCUT2D eigenvalue weighted by Gasteiger charge is 2.20. The molecule has 2 aromatic heterocycles. The Hall–Kier alpha value is -2.64. The molecule has 2 N–H and O–H groups in total. The third kappa shape index (κ3) is 3.68. The number of aryl methyl sites for hydroxylation is 2. The minimum absolute atomic E-state index is 0.0909. The van der Waals surface area contributed by atoms with Crippen molar-refractivity contribution in [2.45, 2.75) is 30.8 Å². The maximum absolute atomic E-state index is 12.6. The van der Waals surface area contributed by atoms with Crippen molar-refractivity contribution in [1.82, 2.24) is 9.97 Å². The van der Waals surface area contributed by atoms with Crippen molar-refractivity contribution in [3.05, 3.63) is 63.3 Å². The van der Waals surface area contributed by atoms with Gasteiger partial charge >= 0.3 is 0 Å². The molecule has 1 aliphatic carbocycles. The maximum atomic E-state index is 12.6. The number of H-pyrrole nitrogens is 1. The largest absolute Gasteiger partial charge is 0.325 e. The molecule has 0 saturated carbocycles. The predicted molar refractivity (Wildman–Crippen MR) is 120 cm³/mol. The summed E-state index contributed by atoms with van der Waals surface area (Å²) in [6.07, 6.45) is 4.30. The molecule has 1 amide bonds. The van der Waals surface area contributed by atoms with Gasteiger partial charge < -0.3 is 10.3 Å². The van der Waals surface area contributed by atoms with Gasteiger partial charge in [-0.3, -0.25) is 9.59 Å². The molecule has 0 atom stereocenters. The smallest absolute Gasteiger partial charge is 0.260 e. The number of aromatic amines is 1. The van der Waals surface area contributed by atoms with Crippen LogP contribution >= 0.6 is 23.1 Å². The molecule has 0 unspecified atom stereocenters. The summed E-state index contributed by atoms with van der Waals surface area (Å²) in [6.45, 7) is 0. The highest BCUT2D eigenvalue weighted by atomic mass is 32.2. The highest BCUT2D eigenvalue weighted by molar-refractivity contribution is 7.99. The molecule has 5 nitrogen and oxygen atoms in total. The normalized spacial score (nSPS) is 13.5. The van der Waals surface area contributed by atoms with Gasteiger partial charge in [0.05, 0.1) is 11.1 Å². The number of carbonyl (C=O) groups is 1. The second kappa shape index (κ2) is 7.65. The molecule has 0 fully saturated rings. The van der Waals surface area contributed by atoms with E-state index in [1.807, 2.05) is 42.5 Å². The van der Waals surface area contributed by atoms with E-state index in [0.717, 1.165) is 45.9 Å². The Labute approximate surface area is 175 Å². The molecule has 0 aliphatic heterocycles. The summed E-state index contributed by atoms with van der Waals surface area (Å²) in [5.41, 5.74) is 1.85. The Morgan fingerprint density at radius 2 is 1.97 bits per heavy atom. The lowest BCUT2D eigenvalue weighted by Gasteiger charge is -2.09. The number of nitrogens with zero attached hydrogens (tertiary/aromatic N) is 1. The molecule has 0 spiro atoms. The number of hydrogen-bond donors (Lipinski definition) is 2. The summed E-state index contributed by atoms with van der Waals surface area (Å²) in [6, 6.07) is 13.9. The van der Waals surface area contributed by atoms with Gasteiger partial charge in [-0.25, -0.2) is 4.98 Å². The molecule has 0 saturated heterocycles. The van der Waals surface area contributed by atoms with Gasteiger partial charge in [0.2, 0.25) is 5.91 Å². The molecule has 7 heteroatoms.